The standard InChI is InChI=1S/C16H19N5O2/c1-2-3-8-21-15(18-19-20-21)11-23-16(22)9-12-10-17-14-7-5-4-6-13(12)14/h4-7,10,17H,2-3,8-9,11H2,1H3. The number of aromatic nitrogens is 5. The molecule has 1 N–H and O–H groups in total. The van der Waals surface area contributed by atoms with Crippen molar-refractivity contribution in [3.63, 3.8) is 0 Å². The first kappa shape index (κ1) is 15.2. The molecule has 7 nitrogen and oxygen atoms in total. The molecule has 2 heterocycles. The van der Waals surface area contributed by atoms with Crippen molar-refractivity contribution in [3.8, 4) is 0 Å². The normalized spacial score (nSPS) is 11.0. The number of aromatic amines is 1. The number of benzene rings is 1. The van der Waals surface area contributed by atoms with Gasteiger partial charge in [-0.2, -0.15) is 0 Å². The minimum absolute atomic E-state index is 0.0951. The zero-order valence-corrected chi connectivity index (χ0v) is 13.0. The number of carbonyl (C=O) groups is 1. The van der Waals surface area contributed by atoms with Crippen LogP contribution < -0.4 is 0 Å². The van der Waals surface area contributed by atoms with Gasteiger partial charge in [-0.05, 0) is 28.5 Å². The number of aryl methyl sites for hydroxylation is 1. The van der Waals surface area contributed by atoms with E-state index >= 15 is 0 Å². The van der Waals surface area contributed by atoms with E-state index in [1.54, 1.807) is 4.68 Å². The minimum Gasteiger partial charge on any atom is -0.457 e. The summed E-state index contributed by atoms with van der Waals surface area (Å²) in [5.74, 6) is 0.283. The molecule has 1 aromatic carbocycles. The monoisotopic (exact) mass is 313 g/mol. The number of esters is 1. The van der Waals surface area contributed by atoms with Crippen LogP contribution in [0, 0.1) is 0 Å². The van der Waals surface area contributed by atoms with E-state index in [1.165, 1.54) is 0 Å². The number of H-pyrrole nitrogens is 1. The van der Waals surface area contributed by atoms with Crippen molar-refractivity contribution in [2.75, 3.05) is 0 Å². The summed E-state index contributed by atoms with van der Waals surface area (Å²) in [6, 6.07) is 7.87. The van der Waals surface area contributed by atoms with Crippen LogP contribution >= 0.6 is 0 Å². The molecular weight excluding hydrogens is 294 g/mol. The summed E-state index contributed by atoms with van der Waals surface area (Å²) in [4.78, 5) is 15.2. The van der Waals surface area contributed by atoms with Gasteiger partial charge in [-0.3, -0.25) is 4.79 Å². The van der Waals surface area contributed by atoms with E-state index in [0.29, 0.717) is 5.82 Å². The van der Waals surface area contributed by atoms with Crippen LogP contribution in [0.2, 0.25) is 0 Å². The van der Waals surface area contributed by atoms with Gasteiger partial charge in [-0.15, -0.1) is 5.10 Å². The van der Waals surface area contributed by atoms with Gasteiger partial charge in [0.05, 0.1) is 6.42 Å². The molecular formula is C16H19N5O2. The second-order valence-electron chi connectivity index (χ2n) is 5.37. The highest BCUT2D eigenvalue weighted by Crippen LogP contribution is 2.18. The van der Waals surface area contributed by atoms with Crippen LogP contribution in [-0.2, 0) is 29.1 Å². The summed E-state index contributed by atoms with van der Waals surface area (Å²) in [6.45, 7) is 2.93. The van der Waals surface area contributed by atoms with E-state index in [2.05, 4.69) is 27.4 Å². The number of rotatable bonds is 7. The maximum Gasteiger partial charge on any atom is 0.310 e. The first-order valence-corrected chi connectivity index (χ1v) is 7.73. The predicted octanol–water partition coefficient (Wildman–Crippen LogP) is 2.24. The van der Waals surface area contributed by atoms with Crippen LogP contribution in [0.1, 0.15) is 31.2 Å². The highest BCUT2D eigenvalue weighted by Gasteiger charge is 2.12. The van der Waals surface area contributed by atoms with Crippen LogP contribution in [0.4, 0.5) is 0 Å². The average Bonchev–Trinajstić information content (AvgIpc) is 3.18. The second kappa shape index (κ2) is 7.04. The summed E-state index contributed by atoms with van der Waals surface area (Å²) in [7, 11) is 0. The maximum atomic E-state index is 12.1. The Hall–Kier alpha value is -2.70. The number of hydrogen-bond donors (Lipinski definition) is 1. The maximum absolute atomic E-state index is 12.1. The Kier molecular flexibility index (Phi) is 4.65. The Morgan fingerprint density at radius 2 is 2.22 bits per heavy atom. The fraction of sp³-hybridized carbons (Fsp3) is 0.375. The molecule has 0 aliphatic rings. The largest absolute Gasteiger partial charge is 0.457 e. The van der Waals surface area contributed by atoms with Crippen molar-refractivity contribution >= 4 is 16.9 Å². The summed E-state index contributed by atoms with van der Waals surface area (Å²) in [6.07, 6.45) is 4.11. The topological polar surface area (TPSA) is 85.7 Å². The van der Waals surface area contributed by atoms with E-state index in [4.69, 9.17) is 4.74 Å². The zero-order chi connectivity index (χ0) is 16.1. The number of tetrazole rings is 1. The number of hydrogen-bond acceptors (Lipinski definition) is 5. The highest BCUT2D eigenvalue weighted by atomic mass is 16.5. The van der Waals surface area contributed by atoms with Gasteiger partial charge in [-0.1, -0.05) is 31.5 Å². The van der Waals surface area contributed by atoms with Gasteiger partial charge in [0.1, 0.15) is 0 Å². The number of nitrogens with one attached hydrogen (secondary N) is 1. The Bertz CT molecular complexity index is 792. The lowest BCUT2D eigenvalue weighted by Gasteiger charge is -2.05. The van der Waals surface area contributed by atoms with Crippen LogP contribution in [0.3, 0.4) is 0 Å². The molecule has 0 radical (unpaired) electrons. The van der Waals surface area contributed by atoms with E-state index in [-0.39, 0.29) is 19.0 Å². The smallest absolute Gasteiger partial charge is 0.310 e. The molecule has 120 valence electrons. The molecule has 0 fully saturated rings. The molecule has 0 spiro atoms. The van der Waals surface area contributed by atoms with Gasteiger partial charge in [0.25, 0.3) is 0 Å². The van der Waals surface area contributed by atoms with E-state index in [0.717, 1.165) is 35.9 Å². The lowest BCUT2D eigenvalue weighted by atomic mass is 10.1. The lowest BCUT2D eigenvalue weighted by Crippen LogP contribution is -2.12. The van der Waals surface area contributed by atoms with Crippen molar-refractivity contribution in [3.05, 3.63) is 41.9 Å². The third kappa shape index (κ3) is 3.56. The Labute approximate surface area is 133 Å². The van der Waals surface area contributed by atoms with E-state index in [9.17, 15) is 4.79 Å². The number of carbonyl (C=O) groups excluding carboxylic acids is 1. The molecule has 2 aromatic heterocycles. The molecule has 0 bridgehead atoms. The molecule has 23 heavy (non-hydrogen) atoms. The molecule has 3 rings (SSSR count). The fourth-order valence-electron chi connectivity index (χ4n) is 2.44. The first-order valence-electron chi connectivity index (χ1n) is 7.73. The Morgan fingerprint density at radius 3 is 3.09 bits per heavy atom. The van der Waals surface area contributed by atoms with E-state index in [1.807, 2.05) is 30.5 Å². The Morgan fingerprint density at radius 1 is 1.35 bits per heavy atom. The molecule has 0 atom stereocenters. The van der Waals surface area contributed by atoms with Crippen molar-refractivity contribution in [1.82, 2.24) is 25.2 Å². The summed E-state index contributed by atoms with van der Waals surface area (Å²) in [5, 5.41) is 12.5. The summed E-state index contributed by atoms with van der Waals surface area (Å²) < 4.78 is 7.00. The minimum atomic E-state index is -0.292. The molecule has 7 heteroatoms. The van der Waals surface area contributed by atoms with Crippen LogP contribution in [0.5, 0.6) is 0 Å². The lowest BCUT2D eigenvalue weighted by molar-refractivity contribution is -0.144. The molecule has 3 aromatic rings. The van der Waals surface area contributed by atoms with Crippen LogP contribution in [0.25, 0.3) is 10.9 Å². The van der Waals surface area contributed by atoms with Crippen molar-refractivity contribution in [1.29, 1.82) is 0 Å². The van der Waals surface area contributed by atoms with Crippen LogP contribution in [-0.4, -0.2) is 31.2 Å². The number of para-hydroxylation sites is 1. The van der Waals surface area contributed by atoms with Gasteiger partial charge in [0.15, 0.2) is 12.4 Å². The van der Waals surface area contributed by atoms with Gasteiger partial charge in [0, 0.05) is 23.6 Å². The molecule has 0 aliphatic heterocycles. The number of unbranched alkanes of at least 4 members (excludes halogenated alkanes) is 1. The van der Waals surface area contributed by atoms with Crippen molar-refractivity contribution in [2.45, 2.75) is 39.3 Å². The second-order valence-corrected chi connectivity index (χ2v) is 5.37. The molecule has 0 aliphatic carbocycles. The molecule has 0 unspecified atom stereocenters. The third-order valence-electron chi connectivity index (χ3n) is 3.70. The number of nitrogens with zero attached hydrogens (tertiary/aromatic N) is 4. The molecule has 0 amide bonds. The van der Waals surface area contributed by atoms with Crippen molar-refractivity contribution < 1.29 is 9.53 Å². The number of fused-ring (bicyclic) bond motifs is 1. The first-order chi connectivity index (χ1) is 11.3. The van der Waals surface area contributed by atoms with Crippen LogP contribution in [0.15, 0.2) is 30.5 Å². The third-order valence-corrected chi connectivity index (χ3v) is 3.70. The van der Waals surface area contributed by atoms with Gasteiger partial charge in [0.2, 0.25) is 0 Å². The SMILES string of the molecule is CCCCn1nnnc1COC(=O)Cc1c[nH]c2ccccc12. The predicted molar refractivity (Wildman–Crippen MR) is 84.5 cm³/mol. The van der Waals surface area contributed by atoms with Gasteiger partial charge < -0.3 is 9.72 Å². The van der Waals surface area contributed by atoms with E-state index < -0.39 is 0 Å². The quantitative estimate of drug-likeness (QED) is 0.676. The zero-order valence-electron chi connectivity index (χ0n) is 13.0. The molecule has 0 saturated heterocycles. The van der Waals surface area contributed by atoms with Gasteiger partial charge in [-0.25, -0.2) is 4.68 Å². The van der Waals surface area contributed by atoms with Crippen molar-refractivity contribution in [2.24, 2.45) is 0 Å². The van der Waals surface area contributed by atoms with Gasteiger partial charge >= 0.3 is 5.97 Å². The average molecular weight is 313 g/mol. The fourth-order valence-corrected chi connectivity index (χ4v) is 2.44. The summed E-state index contributed by atoms with van der Waals surface area (Å²) in [5.41, 5.74) is 1.94. The summed E-state index contributed by atoms with van der Waals surface area (Å²) >= 11 is 0. The number of ether oxygens (including phenoxy) is 1. The molecule has 0 saturated carbocycles. The Balaban J connectivity index is 1.59. The highest BCUT2D eigenvalue weighted by molar-refractivity contribution is 5.87.